The Morgan fingerprint density at radius 1 is 0.920 bits per heavy atom. The highest BCUT2D eigenvalue weighted by Gasteiger charge is 2.06. The second-order valence-corrected chi connectivity index (χ2v) is 6.40. The minimum atomic E-state index is -0.368. The lowest BCUT2D eigenvalue weighted by Gasteiger charge is -2.07. The minimum Gasteiger partial charge on any atom is -0.426 e. The standard InChI is InChI=1S/C20H16BrNO3/c21-17-8-4-15(5-9-17)16-6-10-18(11-7-16)25-20(24)12-14-22-13-2-1-3-19(22)23/h1-11,13H,12,14H2. The smallest absolute Gasteiger partial charge is 0.312 e. The monoisotopic (exact) mass is 397 g/mol. The van der Waals surface area contributed by atoms with Gasteiger partial charge in [-0.05, 0) is 41.5 Å². The first kappa shape index (κ1) is 17.2. The molecule has 0 radical (unpaired) electrons. The number of carbonyl (C=O) groups is 1. The first-order valence-corrected chi connectivity index (χ1v) is 8.63. The lowest BCUT2D eigenvalue weighted by molar-refractivity contribution is -0.134. The van der Waals surface area contributed by atoms with Gasteiger partial charge in [-0.2, -0.15) is 0 Å². The molecule has 126 valence electrons. The molecular formula is C20H16BrNO3. The van der Waals surface area contributed by atoms with Crippen LogP contribution in [-0.2, 0) is 11.3 Å². The average Bonchev–Trinajstić information content (AvgIpc) is 2.62. The molecule has 2 aromatic carbocycles. The van der Waals surface area contributed by atoms with E-state index in [0.29, 0.717) is 12.3 Å². The SMILES string of the molecule is O=C(CCn1ccccc1=O)Oc1ccc(-c2ccc(Br)cc2)cc1. The fourth-order valence-electron chi connectivity index (χ4n) is 2.40. The Hall–Kier alpha value is -2.66. The Bertz CT molecular complexity index is 915. The van der Waals surface area contributed by atoms with Gasteiger partial charge in [0, 0.05) is 23.3 Å². The molecule has 0 N–H and O–H groups in total. The summed E-state index contributed by atoms with van der Waals surface area (Å²) >= 11 is 3.41. The van der Waals surface area contributed by atoms with Crippen LogP contribution < -0.4 is 10.3 Å². The lowest BCUT2D eigenvalue weighted by atomic mass is 10.1. The first-order valence-electron chi connectivity index (χ1n) is 7.84. The number of aryl methyl sites for hydroxylation is 1. The highest BCUT2D eigenvalue weighted by Crippen LogP contribution is 2.24. The van der Waals surface area contributed by atoms with Gasteiger partial charge in [0.05, 0.1) is 6.42 Å². The van der Waals surface area contributed by atoms with Crippen LogP contribution in [0.1, 0.15) is 6.42 Å². The normalized spacial score (nSPS) is 10.4. The molecule has 0 saturated heterocycles. The summed E-state index contributed by atoms with van der Waals surface area (Å²) in [5, 5.41) is 0. The summed E-state index contributed by atoms with van der Waals surface area (Å²) in [6.07, 6.45) is 1.79. The van der Waals surface area contributed by atoms with Crippen LogP contribution >= 0.6 is 15.9 Å². The molecule has 1 aromatic heterocycles. The molecule has 0 aliphatic carbocycles. The van der Waals surface area contributed by atoms with Crippen molar-refractivity contribution in [3.63, 3.8) is 0 Å². The number of halogens is 1. The van der Waals surface area contributed by atoms with Crippen LogP contribution in [0.25, 0.3) is 11.1 Å². The lowest BCUT2D eigenvalue weighted by Crippen LogP contribution is -2.20. The Balaban J connectivity index is 1.59. The van der Waals surface area contributed by atoms with Crippen LogP contribution in [0.15, 0.2) is 82.2 Å². The molecular weight excluding hydrogens is 382 g/mol. The predicted molar refractivity (Wildman–Crippen MR) is 101 cm³/mol. The zero-order valence-corrected chi connectivity index (χ0v) is 15.0. The molecule has 3 rings (SSSR count). The van der Waals surface area contributed by atoms with Gasteiger partial charge in [0.1, 0.15) is 5.75 Å². The molecule has 4 nitrogen and oxygen atoms in total. The van der Waals surface area contributed by atoms with Gasteiger partial charge in [0.15, 0.2) is 0 Å². The van der Waals surface area contributed by atoms with Gasteiger partial charge in [-0.25, -0.2) is 0 Å². The van der Waals surface area contributed by atoms with E-state index in [1.54, 1.807) is 30.5 Å². The highest BCUT2D eigenvalue weighted by molar-refractivity contribution is 9.10. The summed E-state index contributed by atoms with van der Waals surface area (Å²) in [5.41, 5.74) is 2.00. The quantitative estimate of drug-likeness (QED) is 0.476. The number of hydrogen-bond donors (Lipinski definition) is 0. The maximum atomic E-state index is 11.9. The second kappa shape index (κ2) is 7.94. The summed E-state index contributed by atoms with van der Waals surface area (Å²) in [6, 6.07) is 20.2. The van der Waals surface area contributed by atoms with Gasteiger partial charge in [-0.1, -0.05) is 46.3 Å². The summed E-state index contributed by atoms with van der Waals surface area (Å²) in [6.45, 7) is 0.301. The van der Waals surface area contributed by atoms with E-state index in [9.17, 15) is 9.59 Å². The van der Waals surface area contributed by atoms with E-state index in [1.807, 2.05) is 36.4 Å². The number of pyridine rings is 1. The molecule has 0 bridgehead atoms. The molecule has 0 saturated carbocycles. The molecule has 3 aromatic rings. The maximum absolute atomic E-state index is 11.9. The van der Waals surface area contributed by atoms with E-state index < -0.39 is 0 Å². The van der Waals surface area contributed by atoms with E-state index in [-0.39, 0.29) is 17.9 Å². The number of esters is 1. The molecule has 0 atom stereocenters. The minimum absolute atomic E-state index is 0.130. The van der Waals surface area contributed by atoms with Gasteiger partial charge in [0.25, 0.3) is 5.56 Å². The number of rotatable bonds is 5. The largest absolute Gasteiger partial charge is 0.426 e. The topological polar surface area (TPSA) is 48.3 Å². The van der Waals surface area contributed by atoms with Crippen molar-refractivity contribution >= 4 is 21.9 Å². The summed E-state index contributed by atoms with van der Waals surface area (Å²) in [4.78, 5) is 23.5. The molecule has 25 heavy (non-hydrogen) atoms. The van der Waals surface area contributed by atoms with Gasteiger partial charge in [-0.3, -0.25) is 9.59 Å². The van der Waals surface area contributed by atoms with Gasteiger partial charge >= 0.3 is 5.97 Å². The van der Waals surface area contributed by atoms with Crippen LogP contribution in [0.4, 0.5) is 0 Å². The van der Waals surface area contributed by atoms with Crippen molar-refractivity contribution in [1.82, 2.24) is 4.57 Å². The third-order valence-electron chi connectivity index (χ3n) is 3.72. The molecule has 0 aliphatic heterocycles. The zero-order valence-electron chi connectivity index (χ0n) is 13.4. The summed E-state index contributed by atoms with van der Waals surface area (Å²) in [7, 11) is 0. The predicted octanol–water partition coefficient (Wildman–Crippen LogP) is 4.27. The third kappa shape index (κ3) is 4.67. The average molecular weight is 398 g/mol. The Labute approximate surface area is 153 Å². The van der Waals surface area contributed by atoms with Crippen molar-refractivity contribution in [2.24, 2.45) is 0 Å². The molecule has 0 unspecified atom stereocenters. The van der Waals surface area contributed by atoms with Crippen molar-refractivity contribution in [3.05, 3.63) is 87.8 Å². The van der Waals surface area contributed by atoms with E-state index in [1.165, 1.54) is 10.6 Å². The maximum Gasteiger partial charge on any atom is 0.312 e. The van der Waals surface area contributed by atoms with Gasteiger partial charge < -0.3 is 9.30 Å². The number of benzene rings is 2. The fraction of sp³-hybridized carbons (Fsp3) is 0.100. The Morgan fingerprint density at radius 2 is 1.56 bits per heavy atom. The summed E-state index contributed by atoms with van der Waals surface area (Å²) < 4.78 is 7.84. The van der Waals surface area contributed by atoms with Crippen molar-refractivity contribution < 1.29 is 9.53 Å². The number of ether oxygens (including phenoxy) is 1. The molecule has 5 heteroatoms. The van der Waals surface area contributed by atoms with Crippen molar-refractivity contribution in [3.8, 4) is 16.9 Å². The molecule has 0 fully saturated rings. The van der Waals surface area contributed by atoms with Crippen molar-refractivity contribution in [2.75, 3.05) is 0 Å². The van der Waals surface area contributed by atoms with Gasteiger partial charge in [0.2, 0.25) is 0 Å². The van der Waals surface area contributed by atoms with Crippen LogP contribution in [-0.4, -0.2) is 10.5 Å². The van der Waals surface area contributed by atoms with Crippen LogP contribution in [0, 0.1) is 0 Å². The van der Waals surface area contributed by atoms with Crippen LogP contribution in [0.3, 0.4) is 0 Å². The molecule has 0 amide bonds. The number of nitrogens with zero attached hydrogens (tertiary/aromatic N) is 1. The number of carbonyl (C=O) groups excluding carboxylic acids is 1. The first-order chi connectivity index (χ1) is 12.1. The van der Waals surface area contributed by atoms with Crippen molar-refractivity contribution in [2.45, 2.75) is 13.0 Å². The van der Waals surface area contributed by atoms with Crippen molar-refractivity contribution in [1.29, 1.82) is 0 Å². The zero-order chi connectivity index (χ0) is 17.6. The fourth-order valence-corrected chi connectivity index (χ4v) is 2.66. The van der Waals surface area contributed by atoms with E-state index in [4.69, 9.17) is 4.74 Å². The van der Waals surface area contributed by atoms with E-state index in [0.717, 1.165) is 15.6 Å². The van der Waals surface area contributed by atoms with E-state index in [2.05, 4.69) is 15.9 Å². The summed E-state index contributed by atoms with van der Waals surface area (Å²) in [5.74, 6) is 0.124. The molecule has 0 aliphatic rings. The van der Waals surface area contributed by atoms with Crippen LogP contribution in [0.2, 0.25) is 0 Å². The molecule has 0 spiro atoms. The molecule has 1 heterocycles. The van der Waals surface area contributed by atoms with E-state index >= 15 is 0 Å². The second-order valence-electron chi connectivity index (χ2n) is 5.49. The Morgan fingerprint density at radius 3 is 2.20 bits per heavy atom. The Kier molecular flexibility index (Phi) is 5.46. The number of hydrogen-bond acceptors (Lipinski definition) is 3. The third-order valence-corrected chi connectivity index (χ3v) is 4.25. The van der Waals surface area contributed by atoms with Crippen LogP contribution in [0.5, 0.6) is 5.75 Å². The highest BCUT2D eigenvalue weighted by atomic mass is 79.9. The number of aromatic nitrogens is 1. The van der Waals surface area contributed by atoms with Gasteiger partial charge in [-0.15, -0.1) is 0 Å².